The first kappa shape index (κ1) is 25.1. The molecule has 2 amide bonds. The molecule has 1 aliphatic rings. The maximum atomic E-state index is 13.6. The van der Waals surface area contributed by atoms with Gasteiger partial charge in [0.15, 0.2) is 11.3 Å². The largest absolute Gasteiger partial charge is 0.496 e. The molecule has 0 bridgehead atoms. The Kier molecular flexibility index (Phi) is 7.16. The normalized spacial score (nSPS) is 17.2. The lowest BCUT2D eigenvalue weighted by atomic mass is 9.98. The molecule has 0 saturated heterocycles. The van der Waals surface area contributed by atoms with E-state index in [-0.39, 0.29) is 37.6 Å². The molecule has 36 heavy (non-hydrogen) atoms. The van der Waals surface area contributed by atoms with Gasteiger partial charge in [-0.05, 0) is 31.2 Å². The molecule has 3 aromatic rings. The zero-order valence-electron chi connectivity index (χ0n) is 20.6. The first-order valence-electron chi connectivity index (χ1n) is 11.3. The molecule has 0 saturated carbocycles. The van der Waals surface area contributed by atoms with E-state index < -0.39 is 23.3 Å². The minimum Gasteiger partial charge on any atom is -0.496 e. The van der Waals surface area contributed by atoms with E-state index in [1.807, 2.05) is 6.07 Å². The first-order chi connectivity index (χ1) is 17.3. The smallest absolute Gasteiger partial charge is 0.338 e. The van der Waals surface area contributed by atoms with E-state index in [2.05, 4.69) is 5.32 Å². The number of rotatable bonds is 8. The summed E-state index contributed by atoms with van der Waals surface area (Å²) in [5.74, 6) is -0.785. The molecule has 10 heteroatoms. The van der Waals surface area contributed by atoms with Crippen LogP contribution in [0, 0.1) is 0 Å². The third-order valence-electron chi connectivity index (χ3n) is 6.27. The second-order valence-electron chi connectivity index (χ2n) is 8.43. The van der Waals surface area contributed by atoms with Crippen molar-refractivity contribution in [1.29, 1.82) is 0 Å². The van der Waals surface area contributed by atoms with Gasteiger partial charge in [0.25, 0.3) is 5.91 Å². The summed E-state index contributed by atoms with van der Waals surface area (Å²) in [6.07, 6.45) is 0. The number of carbonyl (C=O) groups is 3. The Balaban J connectivity index is 1.66. The second kappa shape index (κ2) is 10.3. The highest BCUT2D eigenvalue weighted by Gasteiger charge is 2.47. The van der Waals surface area contributed by atoms with Crippen LogP contribution in [0.4, 0.5) is 0 Å². The van der Waals surface area contributed by atoms with Gasteiger partial charge in [0, 0.05) is 25.8 Å². The maximum absolute atomic E-state index is 13.6. The Labute approximate surface area is 208 Å². The zero-order valence-corrected chi connectivity index (χ0v) is 20.6. The van der Waals surface area contributed by atoms with Crippen molar-refractivity contribution in [2.75, 3.05) is 41.1 Å². The molecule has 0 spiro atoms. The van der Waals surface area contributed by atoms with Crippen molar-refractivity contribution >= 4 is 28.8 Å². The number of furan rings is 1. The van der Waals surface area contributed by atoms with Gasteiger partial charge in [-0.3, -0.25) is 9.59 Å². The van der Waals surface area contributed by atoms with E-state index in [4.69, 9.17) is 23.4 Å². The van der Waals surface area contributed by atoms with Gasteiger partial charge >= 0.3 is 5.97 Å². The number of methoxy groups -OCH3 is 3. The predicted octanol–water partition coefficient (Wildman–Crippen LogP) is 2.78. The van der Waals surface area contributed by atoms with Crippen molar-refractivity contribution < 1.29 is 37.7 Å². The van der Waals surface area contributed by atoms with Crippen LogP contribution < -0.4 is 14.8 Å². The Bertz CT molecular complexity index is 1300. The predicted molar refractivity (Wildman–Crippen MR) is 129 cm³/mol. The molecule has 2 heterocycles. The maximum Gasteiger partial charge on any atom is 0.338 e. The minimum absolute atomic E-state index is 0.0292. The summed E-state index contributed by atoms with van der Waals surface area (Å²) in [5, 5.41) is 3.49. The molecule has 1 aliphatic heterocycles. The van der Waals surface area contributed by atoms with Crippen molar-refractivity contribution in [2.45, 2.75) is 19.0 Å². The van der Waals surface area contributed by atoms with Gasteiger partial charge in [0.2, 0.25) is 11.7 Å². The summed E-state index contributed by atoms with van der Waals surface area (Å²) in [5.41, 5.74) is -0.184. The van der Waals surface area contributed by atoms with Crippen molar-refractivity contribution in [3.05, 3.63) is 59.4 Å². The summed E-state index contributed by atoms with van der Waals surface area (Å²) in [7, 11) is 4.26. The average Bonchev–Trinajstić information content (AvgIpc) is 3.23. The first-order valence-corrected chi connectivity index (χ1v) is 11.3. The number of fused-ring (bicyclic) bond motifs is 3. The summed E-state index contributed by atoms with van der Waals surface area (Å²) in [6.45, 7) is 1.78. The van der Waals surface area contributed by atoms with E-state index in [0.29, 0.717) is 28.0 Å². The number of esters is 1. The van der Waals surface area contributed by atoms with Crippen LogP contribution in [0.25, 0.3) is 11.0 Å². The number of hydrogen-bond donors (Lipinski definition) is 1. The van der Waals surface area contributed by atoms with Crippen LogP contribution in [0.2, 0.25) is 0 Å². The summed E-state index contributed by atoms with van der Waals surface area (Å²) in [4.78, 5) is 40.9. The number of para-hydroxylation sites is 1. The van der Waals surface area contributed by atoms with Gasteiger partial charge in [-0.2, -0.15) is 0 Å². The highest BCUT2D eigenvalue weighted by Crippen LogP contribution is 2.38. The molecule has 0 fully saturated rings. The molecule has 0 aliphatic carbocycles. The monoisotopic (exact) mass is 496 g/mol. The third kappa shape index (κ3) is 4.35. The fraction of sp³-hybridized carbons (Fsp3) is 0.346. The number of amides is 2. The third-order valence-corrected chi connectivity index (χ3v) is 6.27. The van der Waals surface area contributed by atoms with Gasteiger partial charge < -0.3 is 33.6 Å². The molecule has 1 aromatic heterocycles. The van der Waals surface area contributed by atoms with Crippen molar-refractivity contribution in [1.82, 2.24) is 10.2 Å². The number of benzene rings is 2. The Morgan fingerprint density at radius 2 is 1.89 bits per heavy atom. The Hall–Kier alpha value is -4.05. The number of hydrogen-bond acceptors (Lipinski definition) is 8. The van der Waals surface area contributed by atoms with E-state index in [1.54, 1.807) is 43.3 Å². The Morgan fingerprint density at radius 3 is 2.61 bits per heavy atom. The molecule has 1 unspecified atom stereocenters. The Morgan fingerprint density at radius 1 is 1.11 bits per heavy atom. The zero-order chi connectivity index (χ0) is 25.9. The molecule has 4 rings (SSSR count). The highest BCUT2D eigenvalue weighted by molar-refractivity contribution is 6.04. The van der Waals surface area contributed by atoms with Crippen LogP contribution in [0.3, 0.4) is 0 Å². The lowest BCUT2D eigenvalue weighted by Crippen LogP contribution is -2.61. The van der Waals surface area contributed by atoms with Crippen LogP contribution in [0.5, 0.6) is 11.5 Å². The van der Waals surface area contributed by atoms with E-state index in [0.717, 1.165) is 0 Å². The van der Waals surface area contributed by atoms with Crippen LogP contribution in [-0.2, 0) is 20.8 Å². The molecule has 1 atom stereocenters. The lowest BCUT2D eigenvalue weighted by Gasteiger charge is -2.37. The van der Waals surface area contributed by atoms with Crippen LogP contribution >= 0.6 is 0 Å². The van der Waals surface area contributed by atoms with E-state index in [1.165, 1.54) is 26.2 Å². The SMILES string of the molecule is COCCN1C(=O)c2oc3ccccc3c2OCC1(C)C(=O)NCc1c(OC)cccc1C(=O)OC. The van der Waals surface area contributed by atoms with Gasteiger partial charge in [-0.1, -0.05) is 18.2 Å². The number of nitrogens with zero attached hydrogens (tertiary/aromatic N) is 1. The molecule has 2 aromatic carbocycles. The fourth-order valence-electron chi connectivity index (χ4n) is 4.26. The van der Waals surface area contributed by atoms with Gasteiger partial charge in [0.05, 0.1) is 31.8 Å². The van der Waals surface area contributed by atoms with Crippen molar-refractivity contribution in [2.24, 2.45) is 0 Å². The van der Waals surface area contributed by atoms with Crippen molar-refractivity contribution in [3.8, 4) is 11.5 Å². The quantitative estimate of drug-likeness (QED) is 0.473. The summed E-state index contributed by atoms with van der Waals surface area (Å²) >= 11 is 0. The number of nitrogens with one attached hydrogen (secondary N) is 1. The highest BCUT2D eigenvalue weighted by atomic mass is 16.5. The van der Waals surface area contributed by atoms with Crippen molar-refractivity contribution in [3.63, 3.8) is 0 Å². The van der Waals surface area contributed by atoms with Gasteiger partial charge in [0.1, 0.15) is 17.9 Å². The fourth-order valence-corrected chi connectivity index (χ4v) is 4.26. The molecule has 10 nitrogen and oxygen atoms in total. The van der Waals surface area contributed by atoms with Crippen LogP contribution in [0.15, 0.2) is 46.9 Å². The number of ether oxygens (including phenoxy) is 4. The van der Waals surface area contributed by atoms with E-state index in [9.17, 15) is 14.4 Å². The topological polar surface area (TPSA) is 117 Å². The van der Waals surface area contributed by atoms with Crippen LogP contribution in [0.1, 0.15) is 33.4 Å². The van der Waals surface area contributed by atoms with Gasteiger partial charge in [-0.15, -0.1) is 0 Å². The standard InChI is InChI=1S/C26H28N2O8/c1-26(25(31)27-14-18-16(24(30)34-4)9-7-11-19(18)33-3)15-35-21-17-8-5-6-10-20(17)36-22(21)23(29)28(26)12-13-32-2/h5-11H,12-15H2,1-4H3,(H,27,31). The van der Waals surface area contributed by atoms with Gasteiger partial charge in [-0.25, -0.2) is 4.79 Å². The summed E-state index contributed by atoms with van der Waals surface area (Å²) in [6, 6.07) is 12.1. The molecule has 1 N–H and O–H groups in total. The number of carbonyl (C=O) groups excluding carboxylic acids is 3. The molecule has 0 radical (unpaired) electrons. The molecule has 190 valence electrons. The van der Waals surface area contributed by atoms with Crippen LogP contribution in [-0.4, -0.2) is 69.3 Å². The van der Waals surface area contributed by atoms with E-state index >= 15 is 0 Å². The molecular formula is C26H28N2O8. The minimum atomic E-state index is -1.41. The second-order valence-corrected chi connectivity index (χ2v) is 8.43. The average molecular weight is 497 g/mol. The summed E-state index contributed by atoms with van der Waals surface area (Å²) < 4.78 is 27.3. The molecular weight excluding hydrogens is 468 g/mol. The lowest BCUT2D eigenvalue weighted by molar-refractivity contribution is -0.133.